The van der Waals surface area contributed by atoms with Crippen LogP contribution in [-0.4, -0.2) is 35.8 Å². The Balaban J connectivity index is 1.54. The molecular weight excluding hydrogens is 598 g/mol. The van der Waals surface area contributed by atoms with Crippen LogP contribution in [0.3, 0.4) is 0 Å². The molecule has 0 fully saturated rings. The standard InChI is InChI=1S/C33H31N3O8S/c1-5-42-27-17-21(11-16-26(27)44-19-23-9-7-8-10-25(23)36(39)40)18-28-31(37)35-30(22-12-14-24(41-4)15-13-22)29(32(38)43-6-2)20(3)34-33(35)45-28/h7-18,30H,5-6,19H2,1-4H3/b28-18+/t30-/m1/s1. The molecule has 0 amide bonds. The molecule has 2 heterocycles. The van der Waals surface area contributed by atoms with Crippen LogP contribution >= 0.6 is 11.3 Å². The Kier molecular flexibility index (Phi) is 9.43. The zero-order valence-electron chi connectivity index (χ0n) is 25.1. The maximum atomic E-state index is 14.0. The van der Waals surface area contributed by atoms with Crippen molar-refractivity contribution in [1.82, 2.24) is 4.57 Å². The van der Waals surface area contributed by atoms with Crippen LogP contribution in [0.25, 0.3) is 6.08 Å². The lowest BCUT2D eigenvalue weighted by molar-refractivity contribution is -0.385. The monoisotopic (exact) mass is 629 g/mol. The van der Waals surface area contributed by atoms with Gasteiger partial charge >= 0.3 is 5.97 Å². The van der Waals surface area contributed by atoms with Gasteiger partial charge in [0.15, 0.2) is 16.3 Å². The second-order valence-electron chi connectivity index (χ2n) is 9.89. The van der Waals surface area contributed by atoms with Crippen molar-refractivity contribution in [3.05, 3.63) is 124 Å². The van der Waals surface area contributed by atoms with E-state index >= 15 is 0 Å². The van der Waals surface area contributed by atoms with Gasteiger partial charge < -0.3 is 18.9 Å². The highest BCUT2D eigenvalue weighted by molar-refractivity contribution is 7.07. The molecule has 0 aliphatic carbocycles. The minimum Gasteiger partial charge on any atom is -0.497 e. The minimum absolute atomic E-state index is 0.0251. The summed E-state index contributed by atoms with van der Waals surface area (Å²) in [6, 6.07) is 18.0. The van der Waals surface area contributed by atoms with Crippen LogP contribution in [-0.2, 0) is 16.1 Å². The third-order valence-corrected chi connectivity index (χ3v) is 8.07. The smallest absolute Gasteiger partial charge is 0.338 e. The fourth-order valence-corrected chi connectivity index (χ4v) is 6.06. The summed E-state index contributed by atoms with van der Waals surface area (Å²) in [5, 5.41) is 11.4. The molecule has 5 rings (SSSR count). The first kappa shape index (κ1) is 31.2. The van der Waals surface area contributed by atoms with Crippen molar-refractivity contribution in [3.63, 3.8) is 0 Å². The number of thiazole rings is 1. The Hall–Kier alpha value is -5.23. The molecule has 11 nitrogen and oxygen atoms in total. The van der Waals surface area contributed by atoms with Gasteiger partial charge in [-0.3, -0.25) is 19.5 Å². The molecule has 4 aromatic rings. The number of nitro benzene ring substituents is 1. The molecule has 0 N–H and O–H groups in total. The summed E-state index contributed by atoms with van der Waals surface area (Å²) in [4.78, 5) is 43.1. The molecule has 45 heavy (non-hydrogen) atoms. The highest BCUT2D eigenvalue weighted by Crippen LogP contribution is 2.33. The van der Waals surface area contributed by atoms with E-state index in [1.165, 1.54) is 22.0 Å². The van der Waals surface area contributed by atoms with Crippen LogP contribution in [0.5, 0.6) is 17.2 Å². The molecule has 232 valence electrons. The van der Waals surface area contributed by atoms with Gasteiger partial charge in [-0.15, -0.1) is 0 Å². The summed E-state index contributed by atoms with van der Waals surface area (Å²) in [6.45, 7) is 5.80. The van der Waals surface area contributed by atoms with Crippen molar-refractivity contribution in [3.8, 4) is 17.2 Å². The normalized spacial score (nSPS) is 14.4. The lowest BCUT2D eigenvalue weighted by Crippen LogP contribution is -2.39. The lowest BCUT2D eigenvalue weighted by atomic mass is 9.96. The maximum Gasteiger partial charge on any atom is 0.338 e. The van der Waals surface area contributed by atoms with Crippen molar-refractivity contribution in [1.29, 1.82) is 0 Å². The van der Waals surface area contributed by atoms with Crippen LogP contribution in [0, 0.1) is 10.1 Å². The predicted molar refractivity (Wildman–Crippen MR) is 168 cm³/mol. The number of benzene rings is 3. The third kappa shape index (κ3) is 6.50. The van der Waals surface area contributed by atoms with E-state index in [4.69, 9.17) is 18.9 Å². The van der Waals surface area contributed by atoms with Gasteiger partial charge in [-0.1, -0.05) is 41.7 Å². The van der Waals surface area contributed by atoms with E-state index in [0.717, 1.165) is 0 Å². The van der Waals surface area contributed by atoms with Crippen molar-refractivity contribution in [2.75, 3.05) is 20.3 Å². The summed E-state index contributed by atoms with van der Waals surface area (Å²) in [7, 11) is 1.57. The van der Waals surface area contributed by atoms with Gasteiger partial charge in [-0.25, -0.2) is 9.79 Å². The van der Waals surface area contributed by atoms with E-state index in [-0.39, 0.29) is 24.5 Å². The van der Waals surface area contributed by atoms with E-state index in [2.05, 4.69) is 4.99 Å². The first-order valence-electron chi connectivity index (χ1n) is 14.2. The Morgan fingerprint density at radius 3 is 2.49 bits per heavy atom. The molecule has 12 heteroatoms. The number of esters is 1. The van der Waals surface area contributed by atoms with Gasteiger partial charge in [0, 0.05) is 6.07 Å². The molecule has 1 aliphatic rings. The summed E-state index contributed by atoms with van der Waals surface area (Å²) in [5.41, 5.74) is 2.23. The number of nitro groups is 1. The number of allylic oxidation sites excluding steroid dienone is 1. The van der Waals surface area contributed by atoms with Gasteiger partial charge in [0.1, 0.15) is 12.4 Å². The Bertz CT molecular complexity index is 1960. The largest absolute Gasteiger partial charge is 0.497 e. The number of nitrogens with zero attached hydrogens (tertiary/aromatic N) is 3. The fourth-order valence-electron chi connectivity index (χ4n) is 5.01. The van der Waals surface area contributed by atoms with Crippen molar-refractivity contribution in [2.24, 2.45) is 4.99 Å². The van der Waals surface area contributed by atoms with Crippen LogP contribution in [0.2, 0.25) is 0 Å². The molecule has 3 aromatic carbocycles. The molecule has 0 bridgehead atoms. The number of rotatable bonds is 11. The predicted octanol–water partition coefficient (Wildman–Crippen LogP) is 4.69. The number of hydrogen-bond donors (Lipinski definition) is 0. The molecule has 0 radical (unpaired) electrons. The van der Waals surface area contributed by atoms with Crippen LogP contribution < -0.4 is 29.1 Å². The first-order valence-corrected chi connectivity index (χ1v) is 15.0. The lowest BCUT2D eigenvalue weighted by Gasteiger charge is -2.24. The fraction of sp³-hybridized carbons (Fsp3) is 0.242. The zero-order chi connectivity index (χ0) is 32.1. The summed E-state index contributed by atoms with van der Waals surface area (Å²) in [5.74, 6) is 0.938. The Labute approximate surface area is 262 Å². The molecule has 0 saturated carbocycles. The van der Waals surface area contributed by atoms with E-state index in [1.807, 2.05) is 19.1 Å². The molecule has 1 aromatic heterocycles. The first-order chi connectivity index (χ1) is 21.7. The number of methoxy groups -OCH3 is 1. The number of carbonyl (C=O) groups is 1. The number of hydrogen-bond acceptors (Lipinski definition) is 10. The topological polar surface area (TPSA) is 131 Å². The summed E-state index contributed by atoms with van der Waals surface area (Å²) < 4.78 is 24.3. The van der Waals surface area contributed by atoms with Crippen LogP contribution in [0.1, 0.15) is 43.5 Å². The van der Waals surface area contributed by atoms with Crippen molar-refractivity contribution in [2.45, 2.75) is 33.4 Å². The SMILES string of the molecule is CCOC(=O)C1=C(C)N=c2s/c(=C/c3ccc(OCc4ccccc4[N+](=O)[O-])c(OCC)c3)c(=O)n2[C@@H]1c1ccc(OC)cc1. The minimum atomic E-state index is -0.745. The average Bonchev–Trinajstić information content (AvgIpc) is 3.34. The number of para-hydroxylation sites is 1. The highest BCUT2D eigenvalue weighted by atomic mass is 32.1. The second kappa shape index (κ2) is 13.6. The maximum absolute atomic E-state index is 14.0. The number of aromatic nitrogens is 1. The van der Waals surface area contributed by atoms with Crippen molar-refractivity contribution < 1.29 is 28.7 Å². The van der Waals surface area contributed by atoms with E-state index in [0.29, 0.717) is 61.1 Å². The van der Waals surface area contributed by atoms with Crippen LogP contribution in [0.4, 0.5) is 5.69 Å². The van der Waals surface area contributed by atoms with Gasteiger partial charge in [0.05, 0.1) is 52.7 Å². The quantitative estimate of drug-likeness (QED) is 0.133. The highest BCUT2D eigenvalue weighted by Gasteiger charge is 2.33. The number of fused-ring (bicyclic) bond motifs is 1. The molecule has 0 spiro atoms. The van der Waals surface area contributed by atoms with Gasteiger partial charge in [0.25, 0.3) is 11.2 Å². The van der Waals surface area contributed by atoms with E-state index in [9.17, 15) is 19.7 Å². The van der Waals surface area contributed by atoms with Crippen molar-refractivity contribution >= 4 is 29.1 Å². The average molecular weight is 630 g/mol. The summed E-state index contributed by atoms with van der Waals surface area (Å²) >= 11 is 1.21. The second-order valence-corrected chi connectivity index (χ2v) is 10.9. The Morgan fingerprint density at radius 1 is 1.04 bits per heavy atom. The van der Waals surface area contributed by atoms with E-state index < -0.39 is 16.9 Å². The van der Waals surface area contributed by atoms with Gasteiger partial charge in [-0.05, 0) is 68.3 Å². The molecule has 0 saturated heterocycles. The van der Waals surface area contributed by atoms with Gasteiger partial charge in [-0.2, -0.15) is 0 Å². The molecule has 0 unspecified atom stereocenters. The number of ether oxygens (including phenoxy) is 4. The summed E-state index contributed by atoms with van der Waals surface area (Å²) in [6.07, 6.45) is 1.73. The number of carbonyl (C=O) groups excluding carboxylic acids is 1. The molecular formula is C33H31N3O8S. The van der Waals surface area contributed by atoms with E-state index in [1.54, 1.807) is 75.6 Å². The molecule has 1 aliphatic heterocycles. The molecule has 1 atom stereocenters. The zero-order valence-corrected chi connectivity index (χ0v) is 26.0. The third-order valence-electron chi connectivity index (χ3n) is 7.09. The Morgan fingerprint density at radius 2 is 1.80 bits per heavy atom. The van der Waals surface area contributed by atoms with Crippen LogP contribution in [0.15, 0.2) is 87.8 Å². The van der Waals surface area contributed by atoms with Gasteiger partial charge in [0.2, 0.25) is 0 Å².